The van der Waals surface area contributed by atoms with Gasteiger partial charge in [0.05, 0.1) is 5.69 Å². The van der Waals surface area contributed by atoms with Crippen molar-refractivity contribution in [2.24, 2.45) is 5.73 Å². The third-order valence-corrected chi connectivity index (χ3v) is 3.27. The predicted molar refractivity (Wildman–Crippen MR) is 77.3 cm³/mol. The smallest absolute Gasteiger partial charge is 0.153 e. The minimum atomic E-state index is -0.207. The number of nitrogens with zero attached hydrogens (tertiary/aromatic N) is 1. The van der Waals surface area contributed by atoms with Crippen molar-refractivity contribution in [3.63, 3.8) is 0 Å². The van der Waals surface area contributed by atoms with E-state index in [1.165, 1.54) is 11.1 Å². The fourth-order valence-corrected chi connectivity index (χ4v) is 2.07. The molecule has 2 aromatic rings. The van der Waals surface area contributed by atoms with Crippen LogP contribution in [0.15, 0.2) is 36.5 Å². The molecule has 2 N–H and O–H groups in total. The first kappa shape index (κ1) is 13.6. The number of nitrogens with two attached hydrogens (primary N) is 1. The molecule has 0 aliphatic rings. The molecule has 0 bridgehead atoms. The Morgan fingerprint density at radius 3 is 2.63 bits per heavy atom. The van der Waals surface area contributed by atoms with Gasteiger partial charge in [0, 0.05) is 12.7 Å². The summed E-state index contributed by atoms with van der Waals surface area (Å²) in [6.45, 7) is 6.63. The zero-order chi connectivity index (χ0) is 13.8. The summed E-state index contributed by atoms with van der Waals surface area (Å²) < 4.78 is 6.05. The summed E-state index contributed by atoms with van der Waals surface area (Å²) in [4.78, 5) is 4.32. The second-order valence-corrected chi connectivity index (χ2v) is 4.80. The highest BCUT2D eigenvalue weighted by Gasteiger charge is 2.14. The van der Waals surface area contributed by atoms with Crippen molar-refractivity contribution >= 4 is 0 Å². The standard InChI is InChI=1S/C16H20N2O/c1-11-8-12(2)13(3)15(9-11)19-16(10-17)14-6-4-5-7-18-14/h4-9,16H,10,17H2,1-3H3. The van der Waals surface area contributed by atoms with Gasteiger partial charge in [-0.2, -0.15) is 0 Å². The van der Waals surface area contributed by atoms with E-state index in [2.05, 4.69) is 31.8 Å². The molecule has 0 radical (unpaired) electrons. The van der Waals surface area contributed by atoms with Gasteiger partial charge in [-0.05, 0) is 55.7 Å². The van der Waals surface area contributed by atoms with Crippen molar-refractivity contribution in [2.45, 2.75) is 26.9 Å². The van der Waals surface area contributed by atoms with E-state index in [0.29, 0.717) is 6.54 Å². The molecule has 1 atom stereocenters. The average molecular weight is 256 g/mol. The largest absolute Gasteiger partial charge is 0.482 e. The van der Waals surface area contributed by atoms with Gasteiger partial charge in [-0.15, -0.1) is 0 Å². The first-order valence-corrected chi connectivity index (χ1v) is 6.47. The molecular formula is C16H20N2O. The third kappa shape index (κ3) is 3.12. The van der Waals surface area contributed by atoms with E-state index in [0.717, 1.165) is 17.0 Å². The van der Waals surface area contributed by atoms with Crippen LogP contribution in [0.2, 0.25) is 0 Å². The van der Waals surface area contributed by atoms with Crippen molar-refractivity contribution in [1.29, 1.82) is 0 Å². The molecule has 0 spiro atoms. The Kier molecular flexibility index (Phi) is 4.17. The minimum Gasteiger partial charge on any atom is -0.482 e. The van der Waals surface area contributed by atoms with E-state index >= 15 is 0 Å². The van der Waals surface area contributed by atoms with Crippen molar-refractivity contribution in [3.05, 3.63) is 58.9 Å². The Morgan fingerprint density at radius 1 is 1.21 bits per heavy atom. The summed E-state index contributed by atoms with van der Waals surface area (Å²) in [6, 6.07) is 9.98. The van der Waals surface area contributed by atoms with Gasteiger partial charge >= 0.3 is 0 Å². The normalized spacial score (nSPS) is 12.2. The van der Waals surface area contributed by atoms with Gasteiger partial charge in [-0.3, -0.25) is 4.98 Å². The van der Waals surface area contributed by atoms with Crippen molar-refractivity contribution < 1.29 is 4.74 Å². The van der Waals surface area contributed by atoms with E-state index in [1.54, 1.807) is 6.20 Å². The quantitative estimate of drug-likeness (QED) is 0.914. The van der Waals surface area contributed by atoms with Gasteiger partial charge in [0.2, 0.25) is 0 Å². The zero-order valence-electron chi connectivity index (χ0n) is 11.7. The maximum atomic E-state index is 6.05. The number of hydrogen-bond donors (Lipinski definition) is 1. The number of rotatable bonds is 4. The maximum absolute atomic E-state index is 6.05. The second kappa shape index (κ2) is 5.85. The molecule has 0 amide bonds. The summed E-state index contributed by atoms with van der Waals surface area (Å²) in [5, 5.41) is 0. The van der Waals surface area contributed by atoms with Crippen LogP contribution in [0.25, 0.3) is 0 Å². The van der Waals surface area contributed by atoms with Crippen LogP contribution in [0.1, 0.15) is 28.5 Å². The monoisotopic (exact) mass is 256 g/mol. The first-order valence-electron chi connectivity index (χ1n) is 6.47. The Labute approximate surface area is 114 Å². The van der Waals surface area contributed by atoms with E-state index in [9.17, 15) is 0 Å². The van der Waals surface area contributed by atoms with E-state index < -0.39 is 0 Å². The lowest BCUT2D eigenvalue weighted by Gasteiger charge is -2.19. The lowest BCUT2D eigenvalue weighted by Crippen LogP contribution is -2.20. The van der Waals surface area contributed by atoms with Crippen molar-refractivity contribution in [2.75, 3.05) is 6.54 Å². The minimum absolute atomic E-state index is 0.207. The lowest BCUT2D eigenvalue weighted by molar-refractivity contribution is 0.207. The Balaban J connectivity index is 2.29. The molecule has 2 rings (SSSR count). The molecule has 0 saturated heterocycles. The third-order valence-electron chi connectivity index (χ3n) is 3.27. The summed E-state index contributed by atoms with van der Waals surface area (Å²) in [5.41, 5.74) is 10.2. The number of aromatic nitrogens is 1. The number of ether oxygens (including phenoxy) is 1. The molecule has 1 heterocycles. The highest BCUT2D eigenvalue weighted by atomic mass is 16.5. The number of pyridine rings is 1. The van der Waals surface area contributed by atoms with E-state index in [4.69, 9.17) is 10.5 Å². The first-order chi connectivity index (χ1) is 9.11. The van der Waals surface area contributed by atoms with Gasteiger partial charge in [0.25, 0.3) is 0 Å². The predicted octanol–water partition coefficient (Wildman–Crippen LogP) is 3.09. The summed E-state index contributed by atoms with van der Waals surface area (Å²) in [6.07, 6.45) is 1.55. The molecule has 19 heavy (non-hydrogen) atoms. The van der Waals surface area contributed by atoms with Crippen molar-refractivity contribution in [3.8, 4) is 5.75 Å². The molecule has 3 heteroatoms. The molecule has 0 fully saturated rings. The van der Waals surface area contributed by atoms with Crippen LogP contribution >= 0.6 is 0 Å². The lowest BCUT2D eigenvalue weighted by atomic mass is 10.1. The Bertz CT molecular complexity index is 552. The number of benzene rings is 1. The number of aryl methyl sites for hydroxylation is 2. The van der Waals surface area contributed by atoms with Crippen LogP contribution in [0, 0.1) is 20.8 Å². The van der Waals surface area contributed by atoms with E-state index in [-0.39, 0.29) is 6.10 Å². The van der Waals surface area contributed by atoms with Crippen LogP contribution in [0.3, 0.4) is 0 Å². The molecule has 1 aromatic heterocycles. The zero-order valence-corrected chi connectivity index (χ0v) is 11.7. The van der Waals surface area contributed by atoms with Gasteiger partial charge in [0.15, 0.2) is 6.10 Å². The summed E-state index contributed by atoms with van der Waals surface area (Å²) in [5.74, 6) is 0.888. The fourth-order valence-electron chi connectivity index (χ4n) is 2.07. The van der Waals surface area contributed by atoms with Gasteiger partial charge < -0.3 is 10.5 Å². The molecule has 100 valence electrons. The number of hydrogen-bond acceptors (Lipinski definition) is 3. The molecule has 0 aliphatic carbocycles. The highest BCUT2D eigenvalue weighted by molar-refractivity contribution is 5.42. The van der Waals surface area contributed by atoms with Crippen molar-refractivity contribution in [1.82, 2.24) is 4.98 Å². The molecule has 0 saturated carbocycles. The summed E-state index contributed by atoms with van der Waals surface area (Å²) >= 11 is 0. The summed E-state index contributed by atoms with van der Waals surface area (Å²) in [7, 11) is 0. The van der Waals surface area contributed by atoms with Gasteiger partial charge in [0.1, 0.15) is 5.75 Å². The fraction of sp³-hybridized carbons (Fsp3) is 0.312. The van der Waals surface area contributed by atoms with Crippen LogP contribution in [0.5, 0.6) is 5.75 Å². The van der Waals surface area contributed by atoms with Gasteiger partial charge in [-0.1, -0.05) is 12.1 Å². The molecule has 1 unspecified atom stereocenters. The van der Waals surface area contributed by atoms with Crippen LogP contribution in [-0.2, 0) is 0 Å². The molecular weight excluding hydrogens is 236 g/mol. The topological polar surface area (TPSA) is 48.1 Å². The van der Waals surface area contributed by atoms with E-state index in [1.807, 2.05) is 24.3 Å². The Morgan fingerprint density at radius 2 is 2.00 bits per heavy atom. The second-order valence-electron chi connectivity index (χ2n) is 4.80. The average Bonchev–Trinajstić information content (AvgIpc) is 2.42. The SMILES string of the molecule is Cc1cc(C)c(C)c(OC(CN)c2ccccn2)c1. The van der Waals surface area contributed by atoms with Crippen LogP contribution in [0.4, 0.5) is 0 Å². The van der Waals surface area contributed by atoms with Crippen LogP contribution in [-0.4, -0.2) is 11.5 Å². The molecule has 1 aromatic carbocycles. The molecule has 0 aliphatic heterocycles. The Hall–Kier alpha value is -1.87. The molecule has 3 nitrogen and oxygen atoms in total. The van der Waals surface area contributed by atoms with Crippen LogP contribution < -0.4 is 10.5 Å². The highest BCUT2D eigenvalue weighted by Crippen LogP contribution is 2.27. The maximum Gasteiger partial charge on any atom is 0.153 e. The van der Waals surface area contributed by atoms with Gasteiger partial charge in [-0.25, -0.2) is 0 Å².